The maximum absolute atomic E-state index is 10.8. The van der Waals surface area contributed by atoms with Crippen molar-refractivity contribution in [2.75, 3.05) is 13.2 Å². The maximum atomic E-state index is 10.8. The van der Waals surface area contributed by atoms with Crippen molar-refractivity contribution in [1.82, 2.24) is 0 Å². The summed E-state index contributed by atoms with van der Waals surface area (Å²) in [6.45, 7) is 4.84. The molecule has 1 rings (SSSR count). The quantitative estimate of drug-likeness (QED) is 0.444. The summed E-state index contributed by atoms with van der Waals surface area (Å²) in [6.07, 6.45) is 0.255. The van der Waals surface area contributed by atoms with Crippen molar-refractivity contribution in [3.63, 3.8) is 0 Å². The molecule has 3 heteroatoms. The summed E-state index contributed by atoms with van der Waals surface area (Å²) < 4.78 is 10.6. The van der Waals surface area contributed by atoms with Gasteiger partial charge in [0.2, 0.25) is 6.29 Å². The zero-order valence-electron chi connectivity index (χ0n) is 10.1. The zero-order chi connectivity index (χ0) is 12.5. The Morgan fingerprint density at radius 2 is 1.88 bits per heavy atom. The van der Waals surface area contributed by atoms with Crippen molar-refractivity contribution in [2.45, 2.75) is 20.1 Å². The molecule has 0 spiro atoms. The van der Waals surface area contributed by atoms with E-state index in [2.05, 4.69) is 11.8 Å². The molecule has 0 saturated carbocycles. The van der Waals surface area contributed by atoms with Crippen LogP contribution < -0.4 is 0 Å². The second-order valence-electron chi connectivity index (χ2n) is 3.22. The number of ether oxygens (including phenoxy) is 2. The third-order valence-electron chi connectivity index (χ3n) is 2.05. The molecule has 90 valence electrons. The fourth-order valence-corrected chi connectivity index (χ4v) is 1.28. The number of hydrogen-bond donors (Lipinski definition) is 0. The van der Waals surface area contributed by atoms with E-state index in [-0.39, 0.29) is 0 Å². The van der Waals surface area contributed by atoms with E-state index < -0.39 is 6.29 Å². The minimum Gasteiger partial charge on any atom is -0.342 e. The minimum absolute atomic E-state index is 0.536. The Morgan fingerprint density at radius 3 is 2.47 bits per heavy atom. The van der Waals surface area contributed by atoms with E-state index in [1.54, 1.807) is 18.2 Å². The van der Waals surface area contributed by atoms with E-state index >= 15 is 0 Å². The van der Waals surface area contributed by atoms with Gasteiger partial charge in [-0.2, -0.15) is 0 Å². The van der Waals surface area contributed by atoms with Crippen LogP contribution in [-0.4, -0.2) is 25.8 Å². The molecule has 0 N–H and O–H groups in total. The highest BCUT2D eigenvalue weighted by Crippen LogP contribution is 2.04. The lowest BCUT2D eigenvalue weighted by Crippen LogP contribution is -2.14. The topological polar surface area (TPSA) is 35.5 Å². The van der Waals surface area contributed by atoms with E-state index in [4.69, 9.17) is 9.47 Å². The predicted octanol–water partition coefficient (Wildman–Crippen LogP) is 2.25. The van der Waals surface area contributed by atoms with Gasteiger partial charge in [0.05, 0.1) is 0 Å². The van der Waals surface area contributed by atoms with Gasteiger partial charge in [-0.3, -0.25) is 4.79 Å². The fraction of sp³-hybridized carbons (Fsp3) is 0.357. The van der Waals surface area contributed by atoms with Gasteiger partial charge in [-0.25, -0.2) is 0 Å². The molecule has 1 aromatic carbocycles. The van der Waals surface area contributed by atoms with Crippen LogP contribution in [0.1, 0.15) is 29.8 Å². The van der Waals surface area contributed by atoms with Crippen molar-refractivity contribution in [2.24, 2.45) is 0 Å². The van der Waals surface area contributed by atoms with Gasteiger partial charge in [-0.15, -0.1) is 0 Å². The molecule has 3 nitrogen and oxygen atoms in total. The number of carbonyl (C=O) groups excluding carboxylic acids is 1. The molecule has 17 heavy (non-hydrogen) atoms. The minimum atomic E-state index is -0.537. The van der Waals surface area contributed by atoms with Crippen molar-refractivity contribution >= 4 is 6.29 Å². The van der Waals surface area contributed by atoms with Gasteiger partial charge in [-0.05, 0) is 25.8 Å². The summed E-state index contributed by atoms with van der Waals surface area (Å²) in [5.74, 6) is 5.76. The summed E-state index contributed by atoms with van der Waals surface area (Å²) in [4.78, 5) is 10.8. The van der Waals surface area contributed by atoms with Crippen molar-refractivity contribution in [3.8, 4) is 11.8 Å². The second-order valence-corrected chi connectivity index (χ2v) is 3.22. The van der Waals surface area contributed by atoms with Gasteiger partial charge in [0.15, 0.2) is 6.29 Å². The average molecular weight is 232 g/mol. The molecular formula is C14H16O3. The molecule has 0 atom stereocenters. The van der Waals surface area contributed by atoms with Crippen LogP contribution in [-0.2, 0) is 9.47 Å². The standard InChI is InChI=1S/C14H16O3/c1-3-16-14(17-4-2)10-9-12-7-5-6-8-13(12)11-15/h5-8,11,14H,3-4H2,1-2H3. The average Bonchev–Trinajstić information content (AvgIpc) is 2.37. The van der Waals surface area contributed by atoms with E-state index in [1.165, 1.54) is 0 Å². The highest BCUT2D eigenvalue weighted by atomic mass is 16.7. The lowest BCUT2D eigenvalue weighted by Gasteiger charge is -2.09. The molecule has 0 unspecified atom stereocenters. The number of aldehydes is 1. The second kappa shape index (κ2) is 7.61. The highest BCUT2D eigenvalue weighted by molar-refractivity contribution is 5.79. The summed E-state index contributed by atoms with van der Waals surface area (Å²) in [5, 5.41) is 0. The lowest BCUT2D eigenvalue weighted by molar-refractivity contribution is -0.0969. The van der Waals surface area contributed by atoms with E-state index in [1.807, 2.05) is 19.9 Å². The molecular weight excluding hydrogens is 216 g/mol. The molecule has 0 fully saturated rings. The first kappa shape index (κ1) is 13.4. The molecule has 0 radical (unpaired) electrons. The van der Waals surface area contributed by atoms with Crippen molar-refractivity contribution in [1.29, 1.82) is 0 Å². The molecule has 0 aliphatic heterocycles. The fourth-order valence-electron chi connectivity index (χ4n) is 1.28. The van der Waals surface area contributed by atoms with Crippen molar-refractivity contribution in [3.05, 3.63) is 35.4 Å². The van der Waals surface area contributed by atoms with E-state index in [9.17, 15) is 4.79 Å². The van der Waals surface area contributed by atoms with Gasteiger partial charge in [0.1, 0.15) is 0 Å². The molecule has 0 aliphatic rings. The Labute approximate surface area is 102 Å². The maximum Gasteiger partial charge on any atom is 0.222 e. The highest BCUT2D eigenvalue weighted by Gasteiger charge is 2.02. The molecule has 0 aliphatic carbocycles. The smallest absolute Gasteiger partial charge is 0.222 e. The third kappa shape index (κ3) is 4.39. The lowest BCUT2D eigenvalue weighted by atomic mass is 10.1. The zero-order valence-corrected chi connectivity index (χ0v) is 10.1. The van der Waals surface area contributed by atoms with Crippen molar-refractivity contribution < 1.29 is 14.3 Å². The van der Waals surface area contributed by atoms with Gasteiger partial charge >= 0.3 is 0 Å². The van der Waals surface area contributed by atoms with Crippen LogP contribution in [0.15, 0.2) is 24.3 Å². The first-order chi connectivity index (χ1) is 8.31. The molecule has 1 aromatic rings. The monoisotopic (exact) mass is 232 g/mol. The van der Waals surface area contributed by atoms with Gasteiger partial charge in [-0.1, -0.05) is 24.1 Å². The van der Waals surface area contributed by atoms with Gasteiger partial charge < -0.3 is 9.47 Å². The Bertz CT molecular complexity index is 409. The Morgan fingerprint density at radius 1 is 1.24 bits per heavy atom. The Kier molecular flexibility index (Phi) is 6.02. The molecule has 0 saturated heterocycles. The normalized spacial score (nSPS) is 9.82. The van der Waals surface area contributed by atoms with Crippen LogP contribution in [0, 0.1) is 11.8 Å². The Balaban J connectivity index is 2.83. The molecule has 0 amide bonds. The van der Waals surface area contributed by atoms with Crippen LogP contribution in [0.2, 0.25) is 0 Å². The first-order valence-electron chi connectivity index (χ1n) is 5.60. The summed E-state index contributed by atoms with van der Waals surface area (Å²) in [5.41, 5.74) is 1.26. The summed E-state index contributed by atoms with van der Waals surface area (Å²) in [7, 11) is 0. The van der Waals surface area contributed by atoms with Crippen LogP contribution in [0.4, 0.5) is 0 Å². The van der Waals surface area contributed by atoms with Crippen LogP contribution >= 0.6 is 0 Å². The molecule has 0 heterocycles. The molecule has 0 bridgehead atoms. The van der Waals surface area contributed by atoms with Gasteiger partial charge in [0, 0.05) is 24.3 Å². The predicted molar refractivity (Wildman–Crippen MR) is 65.7 cm³/mol. The summed E-state index contributed by atoms with van der Waals surface area (Å²) in [6, 6.07) is 7.17. The van der Waals surface area contributed by atoms with E-state index in [0.717, 1.165) is 6.29 Å². The number of benzene rings is 1. The third-order valence-corrected chi connectivity index (χ3v) is 2.05. The Hall–Kier alpha value is -1.63. The number of hydrogen-bond acceptors (Lipinski definition) is 3. The number of carbonyl (C=O) groups is 1. The van der Waals surface area contributed by atoms with Crippen LogP contribution in [0.25, 0.3) is 0 Å². The van der Waals surface area contributed by atoms with Crippen LogP contribution in [0.5, 0.6) is 0 Å². The number of rotatable bonds is 5. The first-order valence-corrected chi connectivity index (χ1v) is 5.60. The SMILES string of the molecule is CCOC(C#Cc1ccccc1C=O)OCC. The summed E-state index contributed by atoms with van der Waals surface area (Å²) >= 11 is 0. The largest absolute Gasteiger partial charge is 0.342 e. The van der Waals surface area contributed by atoms with Gasteiger partial charge in [0.25, 0.3) is 0 Å². The van der Waals surface area contributed by atoms with E-state index in [0.29, 0.717) is 24.3 Å². The molecule has 0 aromatic heterocycles. The van der Waals surface area contributed by atoms with Crippen LogP contribution in [0.3, 0.4) is 0 Å².